The fourth-order valence-corrected chi connectivity index (χ4v) is 3.15. The van der Waals surface area contributed by atoms with Crippen LogP contribution in [0.2, 0.25) is 0 Å². The molecule has 2 aromatic carbocycles. The average molecular weight is 371 g/mol. The Labute approximate surface area is 157 Å². The number of hydrogen-bond acceptors (Lipinski definition) is 5. The highest BCUT2D eigenvalue weighted by molar-refractivity contribution is 6.06. The Balaban J connectivity index is 1.83. The SMILES string of the molecule is COc1ccc(C(=O)Nc2ccccc2N2CC[NH+](C)CC2)cc1[N+](=O)[O-]. The molecule has 0 aliphatic carbocycles. The van der Waals surface area contributed by atoms with Crippen molar-refractivity contribution in [3.05, 3.63) is 58.1 Å². The van der Waals surface area contributed by atoms with E-state index in [4.69, 9.17) is 4.74 Å². The van der Waals surface area contributed by atoms with Gasteiger partial charge in [0.05, 0.1) is 56.6 Å². The number of anilines is 2. The van der Waals surface area contributed by atoms with Crippen molar-refractivity contribution < 1.29 is 19.4 Å². The van der Waals surface area contributed by atoms with Crippen LogP contribution in [0.3, 0.4) is 0 Å². The first-order valence-corrected chi connectivity index (χ1v) is 8.78. The van der Waals surface area contributed by atoms with Gasteiger partial charge in [-0.25, -0.2) is 0 Å². The molecule has 0 saturated carbocycles. The molecule has 2 aromatic rings. The van der Waals surface area contributed by atoms with E-state index in [0.717, 1.165) is 31.9 Å². The molecule has 0 unspecified atom stereocenters. The standard InChI is InChI=1S/C19H22N4O4/c1-21-9-11-22(12-10-21)16-6-4-3-5-15(16)20-19(24)14-7-8-18(27-2)17(13-14)23(25)26/h3-8,13H,9-12H2,1-2H3,(H,20,24)/p+1. The Morgan fingerprint density at radius 3 is 2.59 bits per heavy atom. The first-order valence-electron chi connectivity index (χ1n) is 8.78. The zero-order valence-corrected chi connectivity index (χ0v) is 15.4. The maximum Gasteiger partial charge on any atom is 0.311 e. The number of benzene rings is 2. The van der Waals surface area contributed by atoms with Crippen LogP contribution < -0.4 is 19.9 Å². The van der Waals surface area contributed by atoms with Crippen LogP contribution in [0.5, 0.6) is 5.75 Å². The number of piperazine rings is 1. The lowest BCUT2D eigenvalue weighted by atomic mass is 10.1. The van der Waals surface area contributed by atoms with Crippen molar-refractivity contribution in [3.8, 4) is 5.75 Å². The Morgan fingerprint density at radius 2 is 1.93 bits per heavy atom. The number of carbonyl (C=O) groups excluding carboxylic acids is 1. The number of nitro groups is 1. The minimum Gasteiger partial charge on any atom is -0.490 e. The monoisotopic (exact) mass is 371 g/mol. The fraction of sp³-hybridized carbons (Fsp3) is 0.316. The van der Waals surface area contributed by atoms with Crippen LogP contribution in [0.1, 0.15) is 10.4 Å². The van der Waals surface area contributed by atoms with E-state index >= 15 is 0 Å². The molecule has 3 rings (SSSR count). The van der Waals surface area contributed by atoms with Crippen molar-refractivity contribution in [1.82, 2.24) is 0 Å². The van der Waals surface area contributed by atoms with Crippen molar-refractivity contribution >= 4 is 23.0 Å². The van der Waals surface area contributed by atoms with E-state index < -0.39 is 10.8 Å². The third-order valence-corrected chi connectivity index (χ3v) is 4.75. The molecule has 0 aromatic heterocycles. The number of nitrogens with one attached hydrogen (secondary N) is 2. The van der Waals surface area contributed by atoms with Gasteiger partial charge in [-0.2, -0.15) is 0 Å². The maximum atomic E-state index is 12.7. The van der Waals surface area contributed by atoms with Crippen LogP contribution >= 0.6 is 0 Å². The third kappa shape index (κ3) is 4.17. The van der Waals surface area contributed by atoms with Gasteiger partial charge in [0.2, 0.25) is 0 Å². The van der Waals surface area contributed by atoms with Crippen LogP contribution in [-0.4, -0.2) is 51.2 Å². The van der Waals surface area contributed by atoms with Gasteiger partial charge in [0.25, 0.3) is 5.91 Å². The summed E-state index contributed by atoms with van der Waals surface area (Å²) in [5, 5.41) is 14.1. The average Bonchev–Trinajstić information content (AvgIpc) is 2.68. The number of nitrogens with zero attached hydrogens (tertiary/aromatic N) is 2. The summed E-state index contributed by atoms with van der Waals surface area (Å²) in [5.41, 5.74) is 1.63. The summed E-state index contributed by atoms with van der Waals surface area (Å²) in [6, 6.07) is 11.8. The second kappa shape index (κ2) is 8.05. The summed E-state index contributed by atoms with van der Waals surface area (Å²) in [4.78, 5) is 27.0. The molecule has 1 heterocycles. The number of ether oxygens (including phenoxy) is 1. The van der Waals surface area contributed by atoms with E-state index in [2.05, 4.69) is 17.3 Å². The lowest BCUT2D eigenvalue weighted by Gasteiger charge is -2.33. The van der Waals surface area contributed by atoms with E-state index in [9.17, 15) is 14.9 Å². The lowest BCUT2D eigenvalue weighted by Crippen LogP contribution is -3.12. The van der Waals surface area contributed by atoms with Gasteiger partial charge in [0.15, 0.2) is 5.75 Å². The van der Waals surface area contributed by atoms with Crippen LogP contribution in [0.25, 0.3) is 0 Å². The smallest absolute Gasteiger partial charge is 0.311 e. The number of likely N-dealkylation sites (N-methyl/N-ethyl adjacent to an activating group) is 1. The molecule has 1 aliphatic rings. The zero-order valence-electron chi connectivity index (χ0n) is 15.4. The van der Waals surface area contributed by atoms with Gasteiger partial charge in [-0.15, -0.1) is 0 Å². The highest BCUT2D eigenvalue weighted by atomic mass is 16.6. The first kappa shape index (κ1) is 18.7. The number of methoxy groups -OCH3 is 1. The van der Waals surface area contributed by atoms with Crippen molar-refractivity contribution in [2.75, 3.05) is 50.6 Å². The predicted molar refractivity (Wildman–Crippen MR) is 103 cm³/mol. The summed E-state index contributed by atoms with van der Waals surface area (Å²) in [5.74, 6) is -0.273. The molecule has 8 nitrogen and oxygen atoms in total. The molecule has 2 N–H and O–H groups in total. The van der Waals surface area contributed by atoms with Gasteiger partial charge in [-0.3, -0.25) is 14.9 Å². The maximum absolute atomic E-state index is 12.7. The van der Waals surface area contributed by atoms with Crippen molar-refractivity contribution in [1.29, 1.82) is 0 Å². The van der Waals surface area contributed by atoms with Gasteiger partial charge >= 0.3 is 5.69 Å². The van der Waals surface area contributed by atoms with Crippen LogP contribution in [0.15, 0.2) is 42.5 Å². The molecule has 1 fully saturated rings. The van der Waals surface area contributed by atoms with E-state index in [0.29, 0.717) is 5.69 Å². The molecule has 8 heteroatoms. The molecule has 1 aliphatic heterocycles. The number of para-hydroxylation sites is 2. The highest BCUT2D eigenvalue weighted by Crippen LogP contribution is 2.29. The van der Waals surface area contributed by atoms with E-state index in [1.807, 2.05) is 24.3 Å². The Hall–Kier alpha value is -3.13. The molecule has 1 saturated heterocycles. The van der Waals surface area contributed by atoms with Crippen molar-refractivity contribution in [3.63, 3.8) is 0 Å². The number of carbonyl (C=O) groups is 1. The Morgan fingerprint density at radius 1 is 1.22 bits per heavy atom. The topological polar surface area (TPSA) is 89.2 Å². The van der Waals surface area contributed by atoms with Gasteiger partial charge < -0.3 is 19.9 Å². The number of quaternary nitrogens is 1. The number of rotatable bonds is 5. The molecule has 0 spiro atoms. The Kier molecular flexibility index (Phi) is 5.56. The predicted octanol–water partition coefficient (Wildman–Crippen LogP) is 1.19. The van der Waals surface area contributed by atoms with Crippen LogP contribution in [0.4, 0.5) is 17.1 Å². The van der Waals surface area contributed by atoms with E-state index in [-0.39, 0.29) is 17.0 Å². The summed E-state index contributed by atoms with van der Waals surface area (Å²) >= 11 is 0. The first-order chi connectivity index (χ1) is 13.0. The van der Waals surface area contributed by atoms with Crippen LogP contribution in [0, 0.1) is 10.1 Å². The lowest BCUT2D eigenvalue weighted by molar-refractivity contribution is -0.880. The molecule has 1 amide bonds. The largest absolute Gasteiger partial charge is 0.490 e. The van der Waals surface area contributed by atoms with E-state index in [1.54, 1.807) is 0 Å². The zero-order chi connectivity index (χ0) is 19.4. The van der Waals surface area contributed by atoms with Gasteiger partial charge in [-0.1, -0.05) is 12.1 Å². The van der Waals surface area contributed by atoms with Crippen molar-refractivity contribution in [2.24, 2.45) is 0 Å². The third-order valence-electron chi connectivity index (χ3n) is 4.75. The molecule has 0 radical (unpaired) electrons. The fourth-order valence-electron chi connectivity index (χ4n) is 3.15. The molecule has 142 valence electrons. The summed E-state index contributed by atoms with van der Waals surface area (Å²) in [6.07, 6.45) is 0. The summed E-state index contributed by atoms with van der Waals surface area (Å²) in [6.45, 7) is 3.89. The molecule has 27 heavy (non-hydrogen) atoms. The van der Waals surface area contributed by atoms with E-state index in [1.165, 1.54) is 30.2 Å². The summed E-state index contributed by atoms with van der Waals surface area (Å²) < 4.78 is 4.98. The Bertz CT molecular complexity index is 847. The number of hydrogen-bond donors (Lipinski definition) is 2. The quantitative estimate of drug-likeness (QED) is 0.609. The normalized spacial score (nSPS) is 14.7. The molecule has 0 bridgehead atoms. The minimum atomic E-state index is -0.559. The molecular weight excluding hydrogens is 348 g/mol. The van der Waals surface area contributed by atoms with Gasteiger partial charge in [0.1, 0.15) is 0 Å². The highest BCUT2D eigenvalue weighted by Gasteiger charge is 2.21. The summed E-state index contributed by atoms with van der Waals surface area (Å²) in [7, 11) is 3.53. The minimum absolute atomic E-state index is 0.122. The number of amides is 1. The van der Waals surface area contributed by atoms with Crippen molar-refractivity contribution in [2.45, 2.75) is 0 Å². The van der Waals surface area contributed by atoms with Gasteiger partial charge in [0, 0.05) is 11.6 Å². The molecule has 0 atom stereocenters. The molecular formula is C19H23N4O4+. The second-order valence-corrected chi connectivity index (χ2v) is 6.56. The van der Waals surface area contributed by atoms with Crippen LogP contribution in [-0.2, 0) is 0 Å². The van der Waals surface area contributed by atoms with Gasteiger partial charge in [-0.05, 0) is 24.3 Å². The second-order valence-electron chi connectivity index (χ2n) is 6.56. The number of nitro benzene ring substituents is 1.